The molecular formula is C23H21ClN2O3S. The second-order valence-corrected chi connectivity index (χ2v) is 7.88. The molecule has 7 heteroatoms. The molecule has 0 spiro atoms. The number of benzene rings is 3. The molecule has 0 aliphatic rings. The van der Waals surface area contributed by atoms with Crippen molar-refractivity contribution >= 4 is 46.6 Å². The maximum atomic E-state index is 12.2. The van der Waals surface area contributed by atoms with Crippen LogP contribution in [0.2, 0.25) is 5.02 Å². The van der Waals surface area contributed by atoms with E-state index in [2.05, 4.69) is 10.6 Å². The fourth-order valence-electron chi connectivity index (χ4n) is 2.58. The molecule has 3 rings (SSSR count). The van der Waals surface area contributed by atoms with Crippen LogP contribution in [0, 0.1) is 6.92 Å². The monoisotopic (exact) mass is 440 g/mol. The zero-order valence-corrected chi connectivity index (χ0v) is 17.9. The van der Waals surface area contributed by atoms with Gasteiger partial charge in [0.25, 0.3) is 5.91 Å². The second kappa shape index (κ2) is 10.7. The molecule has 0 heterocycles. The Hall–Kier alpha value is -2.96. The van der Waals surface area contributed by atoms with Gasteiger partial charge in [0.15, 0.2) is 6.61 Å². The van der Waals surface area contributed by atoms with Gasteiger partial charge in [-0.2, -0.15) is 0 Å². The van der Waals surface area contributed by atoms with Crippen LogP contribution >= 0.6 is 23.4 Å². The Morgan fingerprint density at radius 3 is 2.37 bits per heavy atom. The molecule has 2 N–H and O–H groups in total. The lowest BCUT2D eigenvalue weighted by molar-refractivity contribution is -0.118. The summed E-state index contributed by atoms with van der Waals surface area (Å²) in [5.41, 5.74) is 2.22. The minimum Gasteiger partial charge on any atom is -0.484 e. The first kappa shape index (κ1) is 21.7. The molecule has 30 heavy (non-hydrogen) atoms. The molecule has 5 nitrogen and oxygen atoms in total. The summed E-state index contributed by atoms with van der Waals surface area (Å²) in [7, 11) is 0. The largest absolute Gasteiger partial charge is 0.484 e. The van der Waals surface area contributed by atoms with Crippen molar-refractivity contribution in [3.05, 3.63) is 83.4 Å². The molecule has 0 radical (unpaired) electrons. The average molecular weight is 441 g/mol. The van der Waals surface area contributed by atoms with Gasteiger partial charge in [-0.15, -0.1) is 11.8 Å². The van der Waals surface area contributed by atoms with Gasteiger partial charge in [0.05, 0.1) is 5.75 Å². The van der Waals surface area contributed by atoms with E-state index in [9.17, 15) is 9.59 Å². The predicted octanol–water partition coefficient (Wildman–Crippen LogP) is 5.40. The quantitative estimate of drug-likeness (QED) is 0.460. The van der Waals surface area contributed by atoms with Crippen LogP contribution in [0.3, 0.4) is 0 Å². The summed E-state index contributed by atoms with van der Waals surface area (Å²) in [6, 6.07) is 21.9. The third kappa shape index (κ3) is 6.54. The molecule has 0 aromatic heterocycles. The summed E-state index contributed by atoms with van der Waals surface area (Å²) < 4.78 is 5.42. The highest BCUT2D eigenvalue weighted by Crippen LogP contribution is 2.24. The van der Waals surface area contributed by atoms with Gasteiger partial charge in [-0.25, -0.2) is 0 Å². The van der Waals surface area contributed by atoms with Crippen molar-refractivity contribution in [3.8, 4) is 5.75 Å². The lowest BCUT2D eigenvalue weighted by atomic mass is 10.2. The van der Waals surface area contributed by atoms with Crippen LogP contribution in [-0.2, 0) is 9.59 Å². The van der Waals surface area contributed by atoms with Crippen LogP contribution in [0.4, 0.5) is 11.4 Å². The van der Waals surface area contributed by atoms with Gasteiger partial charge in [0, 0.05) is 21.3 Å². The number of ether oxygens (including phenoxy) is 1. The van der Waals surface area contributed by atoms with Crippen LogP contribution in [0.25, 0.3) is 0 Å². The molecule has 0 atom stereocenters. The van der Waals surface area contributed by atoms with E-state index in [0.717, 1.165) is 10.5 Å². The van der Waals surface area contributed by atoms with Crippen molar-refractivity contribution in [1.29, 1.82) is 0 Å². The number of carbonyl (C=O) groups is 2. The number of hydrogen-bond acceptors (Lipinski definition) is 4. The molecule has 2 amide bonds. The first-order valence-corrected chi connectivity index (χ1v) is 10.6. The van der Waals surface area contributed by atoms with Crippen molar-refractivity contribution < 1.29 is 14.3 Å². The van der Waals surface area contributed by atoms with Crippen LogP contribution in [0.1, 0.15) is 5.56 Å². The Bertz CT molecular complexity index is 1010. The molecule has 0 bridgehead atoms. The summed E-state index contributed by atoms with van der Waals surface area (Å²) in [6.07, 6.45) is 0. The molecule has 0 fully saturated rings. The normalized spacial score (nSPS) is 10.3. The molecule has 154 valence electrons. The number of amides is 2. The summed E-state index contributed by atoms with van der Waals surface area (Å²) in [5.74, 6) is 0.560. The van der Waals surface area contributed by atoms with E-state index in [0.29, 0.717) is 22.1 Å². The van der Waals surface area contributed by atoms with Crippen molar-refractivity contribution in [2.45, 2.75) is 11.8 Å². The van der Waals surface area contributed by atoms with E-state index in [1.807, 2.05) is 43.3 Å². The molecular weight excluding hydrogens is 420 g/mol. The fourth-order valence-corrected chi connectivity index (χ4v) is 3.45. The maximum absolute atomic E-state index is 12.2. The predicted molar refractivity (Wildman–Crippen MR) is 123 cm³/mol. The van der Waals surface area contributed by atoms with Gasteiger partial charge < -0.3 is 15.4 Å². The van der Waals surface area contributed by atoms with Crippen LogP contribution in [0.15, 0.2) is 77.7 Å². The average Bonchev–Trinajstić information content (AvgIpc) is 2.76. The third-order valence-corrected chi connectivity index (χ3v) is 5.58. The minimum atomic E-state index is -0.240. The summed E-state index contributed by atoms with van der Waals surface area (Å²) in [4.78, 5) is 25.1. The lowest BCUT2D eigenvalue weighted by Crippen LogP contribution is -2.20. The van der Waals surface area contributed by atoms with Gasteiger partial charge in [0.1, 0.15) is 5.75 Å². The van der Waals surface area contributed by atoms with Crippen LogP contribution < -0.4 is 15.4 Å². The van der Waals surface area contributed by atoms with Crippen molar-refractivity contribution in [2.75, 3.05) is 23.0 Å². The first-order chi connectivity index (χ1) is 14.5. The van der Waals surface area contributed by atoms with Crippen molar-refractivity contribution in [3.63, 3.8) is 0 Å². The third-order valence-electron chi connectivity index (χ3n) is 4.16. The van der Waals surface area contributed by atoms with Crippen molar-refractivity contribution in [2.24, 2.45) is 0 Å². The van der Waals surface area contributed by atoms with Gasteiger partial charge in [0.2, 0.25) is 5.91 Å². The lowest BCUT2D eigenvalue weighted by Gasteiger charge is -2.10. The standard InChI is InChI=1S/C23H21ClN2O3S/c1-16-20(24)8-5-9-21(16)26-23(28)15-30-19-12-10-17(11-13-19)25-22(27)14-29-18-6-3-2-4-7-18/h2-13H,14-15H2,1H3,(H,25,27)(H,26,28). The highest BCUT2D eigenvalue weighted by atomic mass is 35.5. The number of halogens is 1. The Balaban J connectivity index is 1.44. The fraction of sp³-hybridized carbons (Fsp3) is 0.130. The number of anilines is 2. The number of carbonyl (C=O) groups excluding carboxylic acids is 2. The molecule has 0 saturated carbocycles. The maximum Gasteiger partial charge on any atom is 0.262 e. The van der Waals surface area contributed by atoms with E-state index in [1.54, 1.807) is 36.4 Å². The molecule has 3 aromatic rings. The Morgan fingerprint density at radius 1 is 0.900 bits per heavy atom. The zero-order chi connectivity index (χ0) is 21.3. The first-order valence-electron chi connectivity index (χ1n) is 9.27. The highest BCUT2D eigenvalue weighted by Gasteiger charge is 2.08. The van der Waals surface area contributed by atoms with Gasteiger partial charge >= 0.3 is 0 Å². The zero-order valence-electron chi connectivity index (χ0n) is 16.4. The molecule has 3 aromatic carbocycles. The number of thioether (sulfide) groups is 1. The highest BCUT2D eigenvalue weighted by molar-refractivity contribution is 8.00. The van der Waals surface area contributed by atoms with Crippen LogP contribution in [-0.4, -0.2) is 24.2 Å². The molecule has 0 aliphatic heterocycles. The summed E-state index contributed by atoms with van der Waals surface area (Å²) in [5, 5.41) is 6.27. The smallest absolute Gasteiger partial charge is 0.262 e. The van der Waals surface area contributed by atoms with E-state index in [-0.39, 0.29) is 24.2 Å². The number of rotatable bonds is 8. The van der Waals surface area contributed by atoms with E-state index in [4.69, 9.17) is 16.3 Å². The molecule has 0 saturated heterocycles. The number of para-hydroxylation sites is 1. The molecule has 0 unspecified atom stereocenters. The minimum absolute atomic E-state index is 0.0659. The van der Waals surface area contributed by atoms with E-state index >= 15 is 0 Å². The topological polar surface area (TPSA) is 67.4 Å². The van der Waals surface area contributed by atoms with Gasteiger partial charge in [-0.3, -0.25) is 9.59 Å². The van der Waals surface area contributed by atoms with Crippen LogP contribution in [0.5, 0.6) is 5.75 Å². The van der Waals surface area contributed by atoms with E-state index < -0.39 is 0 Å². The summed E-state index contributed by atoms with van der Waals surface area (Å²) in [6.45, 7) is 1.80. The number of hydrogen-bond donors (Lipinski definition) is 2. The Labute approximate surface area is 184 Å². The molecule has 0 aliphatic carbocycles. The SMILES string of the molecule is Cc1c(Cl)cccc1NC(=O)CSc1ccc(NC(=O)COc2ccccc2)cc1. The van der Waals surface area contributed by atoms with Gasteiger partial charge in [-0.1, -0.05) is 35.9 Å². The second-order valence-electron chi connectivity index (χ2n) is 6.42. The Morgan fingerprint density at radius 2 is 1.63 bits per heavy atom. The van der Waals surface area contributed by atoms with E-state index in [1.165, 1.54) is 11.8 Å². The number of nitrogens with one attached hydrogen (secondary N) is 2. The van der Waals surface area contributed by atoms with Crippen molar-refractivity contribution in [1.82, 2.24) is 0 Å². The Kier molecular flexibility index (Phi) is 7.76. The summed E-state index contributed by atoms with van der Waals surface area (Å²) >= 11 is 7.49. The van der Waals surface area contributed by atoms with Gasteiger partial charge in [-0.05, 0) is 61.0 Å².